The molecule has 0 bridgehead atoms. The molecule has 0 aliphatic heterocycles. The van der Waals surface area contributed by atoms with Crippen molar-refractivity contribution >= 4 is 22.4 Å². The average Bonchev–Trinajstić information content (AvgIpc) is 2.42. The lowest BCUT2D eigenvalue weighted by Gasteiger charge is -2.06. The van der Waals surface area contributed by atoms with Crippen LogP contribution in [0.3, 0.4) is 0 Å². The highest BCUT2D eigenvalue weighted by Crippen LogP contribution is 2.20. The van der Waals surface area contributed by atoms with Crippen LogP contribution in [-0.4, -0.2) is 23.5 Å². The fourth-order valence-corrected chi connectivity index (χ4v) is 1.82. The van der Waals surface area contributed by atoms with Gasteiger partial charge in [-0.1, -0.05) is 13.8 Å². The molecule has 1 amide bonds. The Morgan fingerprint density at radius 3 is 2.60 bits per heavy atom. The van der Waals surface area contributed by atoms with Crippen LogP contribution >= 0.6 is 11.3 Å². The smallest absolute Gasteiger partial charge is 0.240 e. The molecule has 0 atom stereocenters. The van der Waals surface area contributed by atoms with Crippen molar-refractivity contribution in [3.8, 4) is 0 Å². The van der Waals surface area contributed by atoms with Crippen molar-refractivity contribution in [1.29, 1.82) is 0 Å². The molecule has 84 valence electrons. The number of aryl methyl sites for hydroxylation is 2. The van der Waals surface area contributed by atoms with Crippen molar-refractivity contribution in [3.05, 3.63) is 10.6 Å². The van der Waals surface area contributed by atoms with Gasteiger partial charge < -0.3 is 10.6 Å². The first-order valence-corrected chi connectivity index (χ1v) is 5.78. The predicted molar refractivity (Wildman–Crippen MR) is 63.4 cm³/mol. The zero-order valence-electron chi connectivity index (χ0n) is 9.55. The van der Waals surface area contributed by atoms with Crippen LogP contribution in [-0.2, 0) is 4.79 Å². The number of nitrogens with one attached hydrogen (secondary N) is 2. The lowest BCUT2D eigenvalue weighted by atomic mass is 10.4. The van der Waals surface area contributed by atoms with E-state index in [0.29, 0.717) is 17.7 Å². The van der Waals surface area contributed by atoms with Crippen molar-refractivity contribution in [1.82, 2.24) is 10.3 Å². The Kier molecular flexibility index (Phi) is 4.23. The maximum Gasteiger partial charge on any atom is 0.240 e. The summed E-state index contributed by atoms with van der Waals surface area (Å²) in [4.78, 5) is 16.8. The number of nitrogens with zero attached hydrogens (tertiary/aromatic N) is 1. The molecule has 0 fully saturated rings. The van der Waals surface area contributed by atoms with Crippen LogP contribution in [0.1, 0.15) is 24.4 Å². The van der Waals surface area contributed by atoms with Crippen LogP contribution in [0.25, 0.3) is 0 Å². The van der Waals surface area contributed by atoms with Gasteiger partial charge in [-0.15, -0.1) is 11.3 Å². The molecule has 1 heterocycles. The largest absolute Gasteiger partial charge is 0.306 e. The fourth-order valence-electron chi connectivity index (χ4n) is 0.986. The maximum absolute atomic E-state index is 11.4. The third-order valence-electron chi connectivity index (χ3n) is 1.95. The Labute approximate surface area is 94.1 Å². The minimum Gasteiger partial charge on any atom is -0.306 e. The topological polar surface area (TPSA) is 54.0 Å². The van der Waals surface area contributed by atoms with Gasteiger partial charge in [0.05, 0.1) is 12.2 Å². The Morgan fingerprint density at radius 1 is 1.47 bits per heavy atom. The van der Waals surface area contributed by atoms with Crippen molar-refractivity contribution in [2.24, 2.45) is 0 Å². The van der Waals surface area contributed by atoms with Gasteiger partial charge in [0.15, 0.2) is 5.13 Å². The molecule has 0 unspecified atom stereocenters. The zero-order valence-corrected chi connectivity index (χ0v) is 10.4. The minimum atomic E-state index is -0.0440. The molecule has 0 spiro atoms. The Hall–Kier alpha value is -0.940. The summed E-state index contributed by atoms with van der Waals surface area (Å²) in [5.41, 5.74) is 0.979. The second-order valence-electron chi connectivity index (χ2n) is 3.74. The van der Waals surface area contributed by atoms with Gasteiger partial charge in [0.25, 0.3) is 0 Å². The number of hydrogen-bond acceptors (Lipinski definition) is 4. The number of anilines is 1. The molecule has 0 aliphatic carbocycles. The molecule has 1 aromatic heterocycles. The van der Waals surface area contributed by atoms with Crippen LogP contribution in [0, 0.1) is 13.8 Å². The first-order valence-electron chi connectivity index (χ1n) is 4.96. The van der Waals surface area contributed by atoms with E-state index in [0.717, 1.165) is 10.6 Å². The molecule has 1 aromatic rings. The predicted octanol–water partition coefficient (Wildman–Crippen LogP) is 1.70. The Bertz CT molecular complexity index is 327. The summed E-state index contributed by atoms with van der Waals surface area (Å²) in [6.45, 7) is 8.27. The van der Waals surface area contributed by atoms with Gasteiger partial charge in [0.1, 0.15) is 0 Å². The van der Waals surface area contributed by atoms with E-state index in [1.165, 1.54) is 11.3 Å². The highest BCUT2D eigenvalue weighted by molar-refractivity contribution is 7.15. The zero-order chi connectivity index (χ0) is 11.4. The molecule has 0 aliphatic rings. The van der Waals surface area contributed by atoms with Crippen LogP contribution in [0.4, 0.5) is 5.13 Å². The highest BCUT2D eigenvalue weighted by atomic mass is 32.1. The number of aromatic nitrogens is 1. The standard InChI is InChI=1S/C10H17N3OS/c1-6(2)11-5-9(14)13-10-12-7(3)8(4)15-10/h6,11H,5H2,1-4H3,(H,12,13,14). The van der Waals surface area contributed by atoms with Crippen LogP contribution in [0.2, 0.25) is 0 Å². The summed E-state index contributed by atoms with van der Waals surface area (Å²) in [6.07, 6.45) is 0. The molecule has 5 heteroatoms. The molecule has 0 saturated heterocycles. The van der Waals surface area contributed by atoms with Gasteiger partial charge >= 0.3 is 0 Å². The molecule has 0 radical (unpaired) electrons. The van der Waals surface area contributed by atoms with E-state index in [2.05, 4.69) is 15.6 Å². The number of hydrogen-bond donors (Lipinski definition) is 2. The van der Waals surface area contributed by atoms with E-state index in [-0.39, 0.29) is 5.91 Å². The lowest BCUT2D eigenvalue weighted by Crippen LogP contribution is -2.32. The first kappa shape index (κ1) is 12.1. The van der Waals surface area contributed by atoms with Gasteiger partial charge in [-0.05, 0) is 13.8 Å². The molecule has 2 N–H and O–H groups in total. The number of rotatable bonds is 4. The molecule has 15 heavy (non-hydrogen) atoms. The van der Waals surface area contributed by atoms with E-state index >= 15 is 0 Å². The Balaban J connectivity index is 2.44. The van der Waals surface area contributed by atoms with E-state index < -0.39 is 0 Å². The van der Waals surface area contributed by atoms with Crippen molar-refractivity contribution in [2.45, 2.75) is 33.7 Å². The first-order chi connectivity index (χ1) is 6.99. The number of carbonyl (C=O) groups excluding carboxylic acids is 1. The maximum atomic E-state index is 11.4. The van der Waals surface area contributed by atoms with Gasteiger partial charge in [-0.3, -0.25) is 4.79 Å². The van der Waals surface area contributed by atoms with Gasteiger partial charge in [0.2, 0.25) is 5.91 Å². The molecule has 0 aromatic carbocycles. The highest BCUT2D eigenvalue weighted by Gasteiger charge is 2.07. The molecular formula is C10H17N3OS. The molecule has 0 saturated carbocycles. The van der Waals surface area contributed by atoms with E-state index in [4.69, 9.17) is 0 Å². The van der Waals surface area contributed by atoms with Crippen molar-refractivity contribution in [2.75, 3.05) is 11.9 Å². The summed E-state index contributed by atoms with van der Waals surface area (Å²) in [7, 11) is 0. The van der Waals surface area contributed by atoms with E-state index in [9.17, 15) is 4.79 Å². The minimum absolute atomic E-state index is 0.0440. The fraction of sp³-hybridized carbons (Fsp3) is 0.600. The van der Waals surface area contributed by atoms with E-state index in [1.807, 2.05) is 27.7 Å². The third-order valence-corrected chi connectivity index (χ3v) is 2.93. The second-order valence-corrected chi connectivity index (χ2v) is 4.95. The average molecular weight is 227 g/mol. The van der Waals surface area contributed by atoms with Gasteiger partial charge in [0, 0.05) is 10.9 Å². The summed E-state index contributed by atoms with van der Waals surface area (Å²) >= 11 is 1.51. The molecule has 4 nitrogen and oxygen atoms in total. The lowest BCUT2D eigenvalue weighted by molar-refractivity contribution is -0.115. The summed E-state index contributed by atoms with van der Waals surface area (Å²) in [5, 5.41) is 6.50. The number of carbonyl (C=O) groups is 1. The van der Waals surface area contributed by atoms with Gasteiger partial charge in [-0.25, -0.2) is 4.98 Å². The van der Waals surface area contributed by atoms with Crippen molar-refractivity contribution < 1.29 is 4.79 Å². The quantitative estimate of drug-likeness (QED) is 0.823. The monoisotopic (exact) mass is 227 g/mol. The van der Waals surface area contributed by atoms with Crippen molar-refractivity contribution in [3.63, 3.8) is 0 Å². The van der Waals surface area contributed by atoms with Gasteiger partial charge in [-0.2, -0.15) is 0 Å². The SMILES string of the molecule is Cc1nc(NC(=O)CNC(C)C)sc1C. The number of amides is 1. The summed E-state index contributed by atoms with van der Waals surface area (Å²) in [5.74, 6) is -0.0440. The Morgan fingerprint density at radius 2 is 2.13 bits per heavy atom. The normalized spacial score (nSPS) is 10.7. The summed E-state index contributed by atoms with van der Waals surface area (Å²) in [6, 6.07) is 0.315. The molecular weight excluding hydrogens is 210 g/mol. The van der Waals surface area contributed by atoms with Crippen LogP contribution in [0.15, 0.2) is 0 Å². The second kappa shape index (κ2) is 5.23. The third kappa shape index (κ3) is 3.97. The number of thiazole rings is 1. The molecule has 1 rings (SSSR count). The van der Waals surface area contributed by atoms with E-state index in [1.54, 1.807) is 0 Å². The van der Waals surface area contributed by atoms with Crippen LogP contribution < -0.4 is 10.6 Å². The summed E-state index contributed by atoms with van der Waals surface area (Å²) < 4.78 is 0. The van der Waals surface area contributed by atoms with Crippen LogP contribution in [0.5, 0.6) is 0 Å².